The van der Waals surface area contributed by atoms with Crippen LogP contribution in [0.5, 0.6) is 11.5 Å². The number of rotatable bonds is 1. The van der Waals surface area contributed by atoms with Gasteiger partial charge in [-0.1, -0.05) is 0 Å². The molecule has 3 heterocycles. The second kappa shape index (κ2) is 3.39. The summed E-state index contributed by atoms with van der Waals surface area (Å²) in [7, 11) is 0. The van der Waals surface area contributed by atoms with E-state index in [-0.39, 0.29) is 0 Å². The Hall–Kier alpha value is -1.73. The fourth-order valence-corrected chi connectivity index (χ4v) is 3.06. The molecule has 18 heavy (non-hydrogen) atoms. The molecule has 0 radical (unpaired) electrons. The van der Waals surface area contributed by atoms with Crippen LogP contribution >= 0.6 is 0 Å². The second-order valence-corrected chi connectivity index (χ2v) is 5.10. The summed E-state index contributed by atoms with van der Waals surface area (Å²) in [5, 5.41) is 9.53. The van der Waals surface area contributed by atoms with Gasteiger partial charge < -0.3 is 14.2 Å². The van der Waals surface area contributed by atoms with Gasteiger partial charge in [-0.2, -0.15) is 5.26 Å². The molecule has 0 amide bonds. The Morgan fingerprint density at radius 2 is 2.00 bits per heavy atom. The summed E-state index contributed by atoms with van der Waals surface area (Å²) in [5.74, 6) is 1.86. The molecule has 0 spiro atoms. The van der Waals surface area contributed by atoms with Gasteiger partial charge in [0, 0.05) is 29.5 Å². The van der Waals surface area contributed by atoms with Crippen molar-refractivity contribution in [3.8, 4) is 17.6 Å². The minimum absolute atomic E-state index is 0.468. The molecule has 0 aliphatic carbocycles. The van der Waals surface area contributed by atoms with Crippen LogP contribution in [0.2, 0.25) is 0 Å². The van der Waals surface area contributed by atoms with Crippen LogP contribution in [-0.2, 0) is 23.0 Å². The molecular weight excluding hydrogens is 230 g/mol. The van der Waals surface area contributed by atoms with Gasteiger partial charge in [0.05, 0.1) is 32.5 Å². The van der Waals surface area contributed by atoms with E-state index in [4.69, 9.17) is 14.2 Å². The van der Waals surface area contributed by atoms with Crippen molar-refractivity contribution in [2.75, 3.05) is 26.4 Å². The van der Waals surface area contributed by atoms with Gasteiger partial charge in [-0.05, 0) is 6.07 Å². The molecule has 1 saturated heterocycles. The molecule has 1 aromatic rings. The molecule has 1 fully saturated rings. The monoisotopic (exact) mass is 243 g/mol. The van der Waals surface area contributed by atoms with Gasteiger partial charge in [-0.3, -0.25) is 0 Å². The summed E-state index contributed by atoms with van der Waals surface area (Å²) >= 11 is 0. The average molecular weight is 243 g/mol. The van der Waals surface area contributed by atoms with Crippen LogP contribution in [0.15, 0.2) is 6.07 Å². The van der Waals surface area contributed by atoms with E-state index in [9.17, 15) is 5.26 Å². The van der Waals surface area contributed by atoms with Crippen LogP contribution < -0.4 is 9.47 Å². The predicted octanol–water partition coefficient (Wildman–Crippen LogP) is 1.35. The van der Waals surface area contributed by atoms with E-state index in [1.54, 1.807) is 0 Å². The first kappa shape index (κ1) is 10.2. The lowest BCUT2D eigenvalue weighted by Crippen LogP contribution is -2.46. The molecule has 1 aromatic carbocycles. The van der Waals surface area contributed by atoms with Crippen LogP contribution in [0.1, 0.15) is 16.7 Å². The number of hydrogen-bond donors (Lipinski definition) is 0. The number of benzene rings is 1. The fourth-order valence-electron chi connectivity index (χ4n) is 3.06. The number of hydrogen-bond acceptors (Lipinski definition) is 4. The topological polar surface area (TPSA) is 51.5 Å². The van der Waals surface area contributed by atoms with Gasteiger partial charge in [0.25, 0.3) is 0 Å². The predicted molar refractivity (Wildman–Crippen MR) is 63.0 cm³/mol. The van der Waals surface area contributed by atoms with E-state index in [1.165, 1.54) is 5.56 Å². The largest absolute Gasteiger partial charge is 0.493 e. The van der Waals surface area contributed by atoms with Crippen molar-refractivity contribution in [3.63, 3.8) is 0 Å². The van der Waals surface area contributed by atoms with E-state index in [2.05, 4.69) is 12.1 Å². The quantitative estimate of drug-likeness (QED) is 0.747. The summed E-state index contributed by atoms with van der Waals surface area (Å²) in [6.07, 6.45) is 1.77. The summed E-state index contributed by atoms with van der Waals surface area (Å²) < 4.78 is 16.7. The molecule has 0 bridgehead atoms. The van der Waals surface area contributed by atoms with Crippen molar-refractivity contribution in [1.29, 1.82) is 5.26 Å². The van der Waals surface area contributed by atoms with Gasteiger partial charge in [-0.15, -0.1) is 0 Å². The lowest BCUT2D eigenvalue weighted by Gasteiger charge is -2.37. The SMILES string of the molecule is N#CC1(c2c3c(cc4c2OCC4)OCC3)COC1. The van der Waals surface area contributed by atoms with E-state index >= 15 is 0 Å². The number of nitrogens with zero attached hydrogens (tertiary/aromatic N) is 1. The maximum Gasteiger partial charge on any atom is 0.133 e. The van der Waals surface area contributed by atoms with Gasteiger partial charge in [0.15, 0.2) is 0 Å². The first-order valence-electron chi connectivity index (χ1n) is 6.28. The normalized spacial score (nSPS) is 22.2. The van der Waals surface area contributed by atoms with Crippen molar-refractivity contribution in [2.24, 2.45) is 0 Å². The highest BCUT2D eigenvalue weighted by Gasteiger charge is 2.47. The van der Waals surface area contributed by atoms with Crippen LogP contribution in [0, 0.1) is 11.3 Å². The Labute approximate surface area is 105 Å². The van der Waals surface area contributed by atoms with E-state index in [0.717, 1.165) is 35.5 Å². The molecule has 3 aliphatic rings. The lowest BCUT2D eigenvalue weighted by molar-refractivity contribution is -0.0310. The Balaban J connectivity index is 1.99. The molecule has 0 saturated carbocycles. The van der Waals surface area contributed by atoms with E-state index < -0.39 is 5.41 Å². The minimum atomic E-state index is -0.520. The summed E-state index contributed by atoms with van der Waals surface area (Å²) in [6.45, 7) is 2.34. The first-order chi connectivity index (χ1) is 8.84. The summed E-state index contributed by atoms with van der Waals surface area (Å²) in [6, 6.07) is 4.51. The molecule has 0 atom stereocenters. The average Bonchev–Trinajstić information content (AvgIpc) is 2.94. The smallest absolute Gasteiger partial charge is 0.133 e. The van der Waals surface area contributed by atoms with Crippen molar-refractivity contribution in [3.05, 3.63) is 22.8 Å². The number of ether oxygens (including phenoxy) is 3. The third-order valence-corrected chi connectivity index (χ3v) is 4.04. The third kappa shape index (κ3) is 1.12. The van der Waals surface area contributed by atoms with E-state index in [1.807, 2.05) is 0 Å². The van der Waals surface area contributed by atoms with Crippen LogP contribution in [-0.4, -0.2) is 26.4 Å². The number of fused-ring (bicyclic) bond motifs is 2. The van der Waals surface area contributed by atoms with Gasteiger partial charge in [0.1, 0.15) is 16.9 Å². The van der Waals surface area contributed by atoms with Crippen LogP contribution in [0.3, 0.4) is 0 Å². The molecule has 3 aliphatic heterocycles. The lowest BCUT2D eigenvalue weighted by atomic mass is 9.76. The van der Waals surface area contributed by atoms with Crippen LogP contribution in [0.25, 0.3) is 0 Å². The molecule has 4 heteroatoms. The van der Waals surface area contributed by atoms with Gasteiger partial charge in [0.2, 0.25) is 0 Å². The summed E-state index contributed by atoms with van der Waals surface area (Å²) in [5.41, 5.74) is 2.85. The maximum absolute atomic E-state index is 9.53. The third-order valence-electron chi connectivity index (χ3n) is 4.04. The Morgan fingerprint density at radius 1 is 1.17 bits per heavy atom. The second-order valence-electron chi connectivity index (χ2n) is 5.10. The molecule has 0 unspecified atom stereocenters. The van der Waals surface area contributed by atoms with Crippen molar-refractivity contribution in [2.45, 2.75) is 18.3 Å². The van der Waals surface area contributed by atoms with Crippen molar-refractivity contribution >= 4 is 0 Å². The fraction of sp³-hybridized carbons (Fsp3) is 0.500. The van der Waals surface area contributed by atoms with Crippen LogP contribution in [0.4, 0.5) is 0 Å². The molecule has 0 N–H and O–H groups in total. The van der Waals surface area contributed by atoms with Gasteiger partial charge in [-0.25, -0.2) is 0 Å². The molecule has 4 nitrogen and oxygen atoms in total. The minimum Gasteiger partial charge on any atom is -0.493 e. The maximum atomic E-state index is 9.53. The zero-order valence-corrected chi connectivity index (χ0v) is 9.99. The highest BCUT2D eigenvalue weighted by molar-refractivity contribution is 5.61. The zero-order chi connectivity index (χ0) is 12.2. The Bertz CT molecular complexity index is 537. The van der Waals surface area contributed by atoms with Gasteiger partial charge >= 0.3 is 0 Å². The van der Waals surface area contributed by atoms with E-state index in [0.29, 0.717) is 26.4 Å². The zero-order valence-electron chi connectivity index (χ0n) is 9.99. The highest BCUT2D eigenvalue weighted by Crippen LogP contribution is 2.48. The first-order valence-corrected chi connectivity index (χ1v) is 6.28. The molecular formula is C14H13NO3. The highest BCUT2D eigenvalue weighted by atomic mass is 16.5. The molecule has 4 rings (SSSR count). The van der Waals surface area contributed by atoms with Crippen molar-refractivity contribution in [1.82, 2.24) is 0 Å². The Kier molecular flexibility index (Phi) is 1.93. The Morgan fingerprint density at radius 3 is 2.72 bits per heavy atom. The number of nitriles is 1. The summed E-state index contributed by atoms with van der Waals surface area (Å²) in [4.78, 5) is 0. The standard InChI is InChI=1S/C14H13NO3/c15-6-14(7-16-8-14)12-10-2-4-17-11(10)5-9-1-3-18-13(9)12/h5H,1-4,7-8H2. The van der Waals surface area contributed by atoms with Crippen molar-refractivity contribution < 1.29 is 14.2 Å². The molecule has 92 valence electrons. The molecule has 0 aromatic heterocycles.